The third-order valence-electron chi connectivity index (χ3n) is 7.00. The number of phenols is 3. The van der Waals surface area contributed by atoms with Crippen LogP contribution in [0.2, 0.25) is 0 Å². The van der Waals surface area contributed by atoms with Crippen LogP contribution in [-0.2, 0) is 46.7 Å². The summed E-state index contributed by atoms with van der Waals surface area (Å²) in [7, 11) is 0. The fourth-order valence-corrected chi connectivity index (χ4v) is 4.13. The number of carbonyl (C=O) groups is 6. The Bertz CT molecular complexity index is 2320. The molecule has 0 aliphatic rings. The van der Waals surface area contributed by atoms with Gasteiger partial charge in [0.25, 0.3) is 0 Å². The predicted molar refractivity (Wildman–Crippen MR) is 225 cm³/mol. The first kappa shape index (κ1) is 63.7. The van der Waals surface area contributed by atoms with Gasteiger partial charge in [0.05, 0.1) is 12.2 Å². The number of hydrogen-bond donors (Lipinski definition) is 4. The fraction of sp³-hybridized carbons (Fsp3) is 0.200. The normalized spacial score (nSPS) is 9.11. The molecule has 349 valence electrons. The summed E-state index contributed by atoms with van der Waals surface area (Å²) in [5.74, 6) is -7.45. The molecule has 0 atom stereocenters. The van der Waals surface area contributed by atoms with Crippen LogP contribution < -0.4 is 39.0 Å². The van der Waals surface area contributed by atoms with Crippen LogP contribution in [0.25, 0.3) is 0 Å². The van der Waals surface area contributed by atoms with Gasteiger partial charge in [-0.2, -0.15) is 0 Å². The number of ether oxygens (including phenoxy) is 4. The van der Waals surface area contributed by atoms with E-state index < -0.39 is 70.4 Å². The number of aliphatic hydroxyl groups excluding tert-OH is 1. The third-order valence-corrected chi connectivity index (χ3v) is 7.00. The van der Waals surface area contributed by atoms with Crippen molar-refractivity contribution in [1.29, 1.82) is 0 Å². The van der Waals surface area contributed by atoms with E-state index in [9.17, 15) is 50.7 Å². The van der Waals surface area contributed by atoms with Gasteiger partial charge in [0.2, 0.25) is 0 Å². The van der Waals surface area contributed by atoms with E-state index in [-0.39, 0.29) is 81.0 Å². The van der Waals surface area contributed by atoms with Crippen LogP contribution in [-0.4, -0.2) is 65.0 Å². The topological polar surface area (TPSA) is 220 Å². The maximum atomic E-state index is 13.3. The molecular formula is C45H46BF5NaO14. The zero-order valence-corrected chi connectivity index (χ0v) is 39.0. The molecule has 0 saturated carbocycles. The number of aryl methyl sites for hydroxylation is 2. The van der Waals surface area contributed by atoms with Crippen molar-refractivity contribution in [2.45, 2.75) is 61.7 Å². The quantitative estimate of drug-likeness (QED) is 0.0444. The molecule has 0 fully saturated rings. The molecule has 0 heterocycles. The summed E-state index contributed by atoms with van der Waals surface area (Å²) in [5, 5.41) is 35.0. The van der Waals surface area contributed by atoms with Crippen molar-refractivity contribution in [1.82, 2.24) is 0 Å². The maximum Gasteiger partial charge on any atom is 1.00 e. The van der Waals surface area contributed by atoms with Gasteiger partial charge in [0.1, 0.15) is 6.61 Å². The van der Waals surface area contributed by atoms with Crippen LogP contribution in [0.3, 0.4) is 0 Å². The van der Waals surface area contributed by atoms with Crippen LogP contribution in [0.1, 0.15) is 68.7 Å². The smallest absolute Gasteiger partial charge is 1.00 e. The summed E-state index contributed by atoms with van der Waals surface area (Å²) in [4.78, 5) is 61.6. The van der Waals surface area contributed by atoms with Gasteiger partial charge in [-0.3, -0.25) is 28.8 Å². The van der Waals surface area contributed by atoms with Crippen LogP contribution in [0.15, 0.2) is 91.0 Å². The Labute approximate surface area is 402 Å². The number of hydrogen-bond acceptors (Lipinski definition) is 14. The Morgan fingerprint density at radius 1 is 0.530 bits per heavy atom. The Kier molecular flexibility index (Phi) is 32.7. The van der Waals surface area contributed by atoms with Crippen LogP contribution in [0, 0.1) is 42.9 Å². The number of aliphatic hydroxyl groups is 1. The molecule has 0 unspecified atom stereocenters. The van der Waals surface area contributed by atoms with Crippen molar-refractivity contribution in [3.05, 3.63) is 148 Å². The second-order valence-electron chi connectivity index (χ2n) is 12.3. The minimum Gasteiger partial charge on any atom is -1.00 e. The van der Waals surface area contributed by atoms with Crippen molar-refractivity contribution in [2.24, 2.45) is 0 Å². The summed E-state index contributed by atoms with van der Waals surface area (Å²) in [6.07, 6.45) is 0.401. The second-order valence-corrected chi connectivity index (χ2v) is 12.3. The first-order chi connectivity index (χ1) is 30.0. The SMILES string of the molecule is CC(=O)OC(C)=O.CC(=O)OCc1cccc(F)c1OC(C)=O.CC(=O)Oc1c(C)cccc1F.Cc1cccc(F)c1O.O=Cc1cccc(F)c1O.OCc1cccc(F)c1O.[B].[H-].[Na+]. The molecule has 5 aromatic rings. The summed E-state index contributed by atoms with van der Waals surface area (Å²) in [6, 6.07) is 20.9. The summed E-state index contributed by atoms with van der Waals surface area (Å²) in [5.41, 5.74) is 1.67. The number of esters is 5. The van der Waals surface area contributed by atoms with E-state index in [4.69, 9.17) is 29.9 Å². The van der Waals surface area contributed by atoms with Crippen molar-refractivity contribution >= 4 is 44.5 Å². The summed E-state index contributed by atoms with van der Waals surface area (Å²) < 4.78 is 81.4. The molecule has 4 N–H and O–H groups in total. The van der Waals surface area contributed by atoms with E-state index in [2.05, 4.69) is 9.47 Å². The van der Waals surface area contributed by atoms with Gasteiger partial charge in [-0.15, -0.1) is 0 Å². The molecule has 0 aliphatic heterocycles. The van der Waals surface area contributed by atoms with Gasteiger partial charge < -0.3 is 40.8 Å². The molecule has 14 nitrogen and oxygen atoms in total. The summed E-state index contributed by atoms with van der Waals surface area (Å²) >= 11 is 0. The average molecular weight is 940 g/mol. The average Bonchev–Trinajstić information content (AvgIpc) is 3.21. The van der Waals surface area contributed by atoms with Gasteiger partial charge in [0.15, 0.2) is 64.1 Å². The van der Waals surface area contributed by atoms with Crippen molar-refractivity contribution < 1.29 is 121 Å². The standard InChI is InChI=1S/C11H11FO4.C9H9FO2.C7H7FO2.C7H5FO2.C7H7FO.C4H6O3.B.Na.H/c1-7(13)15-6-9-4-3-5-10(12)11(9)16-8(2)14;1-6-4-3-5-8(10)9(6)12-7(2)11;2*8-6-3-1-2-5(4-9)7(6)10;1-5-3-2-4-6(8)7(5)9;1-3(5)7-4(2)6;;;/h3-5H,6H2,1-2H3;3-5H,1-2H3;1-3,9-10H,4H2;1-4,10H;2-4,9H,1H3;1-2H3;;;/q;;;;;;;+1;-1. The van der Waals surface area contributed by atoms with Gasteiger partial charge >= 0.3 is 59.4 Å². The van der Waals surface area contributed by atoms with Gasteiger partial charge in [-0.05, 0) is 61.4 Å². The molecule has 0 aliphatic carbocycles. The number of halogens is 5. The van der Waals surface area contributed by atoms with E-state index >= 15 is 0 Å². The Morgan fingerprint density at radius 3 is 1.29 bits per heavy atom. The Balaban J connectivity index is -0.000000358. The Hall–Kier alpha value is -6.61. The molecular weight excluding hydrogens is 893 g/mol. The van der Waals surface area contributed by atoms with E-state index in [1.54, 1.807) is 38.1 Å². The number of aromatic hydroxyl groups is 3. The molecule has 0 spiro atoms. The molecule has 66 heavy (non-hydrogen) atoms. The zero-order valence-electron chi connectivity index (χ0n) is 38.0. The first-order valence-corrected chi connectivity index (χ1v) is 18.1. The number of benzene rings is 5. The van der Waals surface area contributed by atoms with E-state index in [1.807, 2.05) is 0 Å². The van der Waals surface area contributed by atoms with Crippen molar-refractivity contribution in [3.8, 4) is 28.7 Å². The van der Waals surface area contributed by atoms with E-state index in [0.29, 0.717) is 23.0 Å². The van der Waals surface area contributed by atoms with E-state index in [1.165, 1.54) is 83.1 Å². The number of phenolic OH excluding ortho intramolecular Hbond substituents is 2. The first-order valence-electron chi connectivity index (χ1n) is 18.1. The monoisotopic (exact) mass is 939 g/mol. The number of carbonyl (C=O) groups excluding carboxylic acids is 6. The minimum atomic E-state index is -0.774. The largest absolute Gasteiger partial charge is 1.00 e. The van der Waals surface area contributed by atoms with Gasteiger partial charge in [0, 0.05) is 54.2 Å². The van der Waals surface area contributed by atoms with Crippen LogP contribution in [0.4, 0.5) is 22.0 Å². The zero-order chi connectivity index (χ0) is 49.1. The molecule has 0 bridgehead atoms. The van der Waals surface area contributed by atoms with Crippen molar-refractivity contribution in [3.63, 3.8) is 0 Å². The van der Waals surface area contributed by atoms with Crippen LogP contribution in [0.5, 0.6) is 28.7 Å². The molecule has 0 amide bonds. The molecule has 0 saturated heterocycles. The number of rotatable bonds is 6. The maximum absolute atomic E-state index is 13.3. The fourth-order valence-electron chi connectivity index (χ4n) is 4.13. The second kappa shape index (κ2) is 33.8. The number of aldehydes is 1. The van der Waals surface area contributed by atoms with Crippen LogP contribution >= 0.6 is 0 Å². The molecule has 0 aromatic heterocycles. The predicted octanol–water partition coefficient (Wildman–Crippen LogP) is 4.91. The molecule has 5 rings (SSSR count). The van der Waals surface area contributed by atoms with Crippen molar-refractivity contribution in [2.75, 3.05) is 0 Å². The molecule has 5 aromatic carbocycles. The third kappa shape index (κ3) is 25.6. The minimum absolute atomic E-state index is 0. The van der Waals surface area contributed by atoms with Gasteiger partial charge in [-0.25, -0.2) is 22.0 Å². The summed E-state index contributed by atoms with van der Waals surface area (Å²) in [6.45, 7) is 8.88. The number of para-hydroxylation sites is 5. The molecule has 3 radical (unpaired) electrons. The Morgan fingerprint density at radius 2 is 0.924 bits per heavy atom. The van der Waals surface area contributed by atoms with E-state index in [0.717, 1.165) is 18.2 Å². The van der Waals surface area contributed by atoms with Gasteiger partial charge in [-0.1, -0.05) is 54.6 Å². The molecule has 21 heteroatoms.